The van der Waals surface area contributed by atoms with Crippen LogP contribution in [0.2, 0.25) is 0 Å². The van der Waals surface area contributed by atoms with Crippen molar-refractivity contribution in [3.63, 3.8) is 0 Å². The number of ketones is 1. The summed E-state index contributed by atoms with van der Waals surface area (Å²) in [5, 5.41) is 16.2. The van der Waals surface area contributed by atoms with E-state index < -0.39 is 5.95 Å². The van der Waals surface area contributed by atoms with Crippen molar-refractivity contribution in [2.24, 2.45) is 7.05 Å². The monoisotopic (exact) mass is 346 g/mol. The smallest absolute Gasteiger partial charge is 0.307 e. The number of Topliss-reactive ketones (excluding diaryl/α,β-unsaturated/α-hetero) is 1. The lowest BCUT2D eigenvalue weighted by Gasteiger charge is -2.01. The molecule has 0 radical (unpaired) electrons. The highest BCUT2D eigenvalue weighted by atomic mass is 32.2. The van der Waals surface area contributed by atoms with E-state index in [9.17, 15) is 9.90 Å². The van der Waals surface area contributed by atoms with Gasteiger partial charge in [0, 0.05) is 31.6 Å². The third-order valence-electron chi connectivity index (χ3n) is 3.30. The van der Waals surface area contributed by atoms with Gasteiger partial charge < -0.3 is 18.9 Å². The van der Waals surface area contributed by atoms with Crippen LogP contribution in [0.25, 0.3) is 5.69 Å². The first-order valence-electron chi connectivity index (χ1n) is 6.97. The molecule has 0 aliphatic carbocycles. The minimum Gasteiger partial charge on any atom is -0.539 e. The fraction of sp³-hybridized carbons (Fsp3) is 0.200. The van der Waals surface area contributed by atoms with Crippen molar-refractivity contribution >= 4 is 17.5 Å². The quantitative estimate of drug-likeness (QED) is 0.369. The Balaban J connectivity index is 1.83. The van der Waals surface area contributed by atoms with Gasteiger partial charge in [-0.25, -0.2) is 4.98 Å². The van der Waals surface area contributed by atoms with E-state index in [0.717, 1.165) is 0 Å². The van der Waals surface area contributed by atoms with E-state index in [-0.39, 0.29) is 17.2 Å². The molecule has 2 heterocycles. The summed E-state index contributed by atoms with van der Waals surface area (Å²) in [5.41, 5.74) is 0.411. The normalized spacial score (nSPS) is 10.8. The average molecular weight is 346 g/mol. The van der Waals surface area contributed by atoms with Crippen molar-refractivity contribution in [1.82, 2.24) is 14.8 Å². The van der Waals surface area contributed by atoms with Gasteiger partial charge in [0.1, 0.15) is 5.75 Å². The molecule has 8 nitrogen and oxygen atoms in total. The second-order valence-electron chi connectivity index (χ2n) is 4.85. The van der Waals surface area contributed by atoms with Crippen molar-refractivity contribution in [2.45, 2.75) is 5.16 Å². The zero-order chi connectivity index (χ0) is 17.1. The van der Waals surface area contributed by atoms with Gasteiger partial charge in [-0.2, -0.15) is 0 Å². The molecule has 2 aromatic heterocycles. The Morgan fingerprint density at radius 1 is 1.42 bits per heavy atom. The maximum atomic E-state index is 12.4. The number of rotatable bonds is 6. The predicted molar refractivity (Wildman–Crippen MR) is 82.3 cm³/mol. The summed E-state index contributed by atoms with van der Waals surface area (Å²) < 4.78 is 12.7. The molecule has 3 rings (SSSR count). The Morgan fingerprint density at radius 2 is 2.17 bits per heavy atom. The Labute approximate surface area is 141 Å². The van der Waals surface area contributed by atoms with Crippen LogP contribution in [0.1, 0.15) is 10.5 Å². The maximum absolute atomic E-state index is 12.4. The van der Waals surface area contributed by atoms with Gasteiger partial charge in [0.05, 0.1) is 18.1 Å². The molecule has 3 aromatic rings. The van der Waals surface area contributed by atoms with E-state index >= 15 is 0 Å². The number of imidazole rings is 1. The third-order valence-corrected chi connectivity index (χ3v) is 4.36. The highest BCUT2D eigenvalue weighted by Gasteiger charge is 2.27. The molecule has 0 aliphatic heterocycles. The van der Waals surface area contributed by atoms with Crippen LogP contribution in [0, 0.1) is 0 Å². The number of carbonyl (C=O) groups excluding carboxylic acids is 1. The molecule has 124 valence electrons. The van der Waals surface area contributed by atoms with Gasteiger partial charge in [-0.1, -0.05) is 11.8 Å². The number of aromatic nitrogens is 4. The van der Waals surface area contributed by atoms with Crippen molar-refractivity contribution in [3.05, 3.63) is 42.4 Å². The number of nitrogens with zero attached hydrogens (tertiary/aromatic N) is 4. The van der Waals surface area contributed by atoms with Crippen LogP contribution >= 0.6 is 11.8 Å². The van der Waals surface area contributed by atoms with Crippen LogP contribution in [-0.2, 0) is 7.05 Å². The Kier molecular flexibility index (Phi) is 4.52. The van der Waals surface area contributed by atoms with Crippen molar-refractivity contribution in [1.29, 1.82) is 0 Å². The lowest BCUT2D eigenvalue weighted by molar-refractivity contribution is -0.672. The molecular formula is C15H14N4O4S. The molecule has 24 heavy (non-hydrogen) atoms. The van der Waals surface area contributed by atoms with Crippen LogP contribution in [0.4, 0.5) is 0 Å². The molecule has 0 bridgehead atoms. The zero-order valence-electron chi connectivity index (χ0n) is 13.0. The molecule has 0 atom stereocenters. The lowest BCUT2D eigenvalue weighted by atomic mass is 10.2. The van der Waals surface area contributed by atoms with Crippen LogP contribution in [-0.4, -0.2) is 33.5 Å². The summed E-state index contributed by atoms with van der Waals surface area (Å²) >= 11 is 1.24. The SMILES string of the molecule is COc1ccc(-[n+]2noc([O-])c2C(=O)CSc2nccn2C)cc1. The average Bonchev–Trinajstić information content (AvgIpc) is 3.18. The first-order chi connectivity index (χ1) is 11.6. The van der Waals surface area contributed by atoms with Crippen molar-refractivity contribution in [2.75, 3.05) is 12.9 Å². The van der Waals surface area contributed by atoms with E-state index in [1.54, 1.807) is 48.3 Å². The molecule has 0 unspecified atom stereocenters. The molecule has 0 spiro atoms. The minimum absolute atomic E-state index is 0.0530. The number of hydrogen-bond acceptors (Lipinski definition) is 7. The molecular weight excluding hydrogens is 332 g/mol. The van der Waals surface area contributed by atoms with E-state index in [1.165, 1.54) is 16.4 Å². The fourth-order valence-corrected chi connectivity index (χ4v) is 2.87. The molecule has 0 aliphatic rings. The van der Waals surface area contributed by atoms with Gasteiger partial charge in [0.2, 0.25) is 11.5 Å². The number of aryl methyl sites for hydroxylation is 1. The Morgan fingerprint density at radius 3 is 2.79 bits per heavy atom. The first kappa shape index (κ1) is 16.1. The highest BCUT2D eigenvalue weighted by Crippen LogP contribution is 2.19. The second kappa shape index (κ2) is 6.75. The van der Waals surface area contributed by atoms with Crippen LogP contribution < -0.4 is 14.5 Å². The number of carbonyl (C=O) groups is 1. The van der Waals surface area contributed by atoms with Gasteiger partial charge in [0.15, 0.2) is 11.1 Å². The molecule has 0 amide bonds. The topological polar surface area (TPSA) is 97.1 Å². The number of benzene rings is 1. The van der Waals surface area contributed by atoms with Gasteiger partial charge in [-0.15, -0.1) is 0 Å². The minimum atomic E-state index is -0.767. The largest absolute Gasteiger partial charge is 0.539 e. The van der Waals surface area contributed by atoms with Crippen LogP contribution in [0.3, 0.4) is 0 Å². The highest BCUT2D eigenvalue weighted by molar-refractivity contribution is 7.99. The second-order valence-corrected chi connectivity index (χ2v) is 5.79. The molecule has 1 aromatic carbocycles. The zero-order valence-corrected chi connectivity index (χ0v) is 13.8. The van der Waals surface area contributed by atoms with Crippen LogP contribution in [0.5, 0.6) is 11.7 Å². The summed E-state index contributed by atoms with van der Waals surface area (Å²) in [7, 11) is 3.38. The summed E-state index contributed by atoms with van der Waals surface area (Å²) in [6, 6.07) is 6.78. The maximum Gasteiger partial charge on any atom is 0.307 e. The standard InChI is InChI=1S/C15H14N4O4S/c1-18-8-7-16-15(18)24-9-12(20)13-14(21)23-17-19(13)10-3-5-11(22-2)6-4-10/h3-8H,9H2,1-2H3. The number of thioether (sulfide) groups is 1. The summed E-state index contributed by atoms with van der Waals surface area (Å²) in [6.45, 7) is 0. The molecule has 0 saturated heterocycles. The van der Waals surface area contributed by atoms with E-state index in [4.69, 9.17) is 4.74 Å². The van der Waals surface area contributed by atoms with E-state index in [1.807, 2.05) is 7.05 Å². The predicted octanol–water partition coefficient (Wildman–Crippen LogP) is 0.742. The van der Waals surface area contributed by atoms with E-state index in [2.05, 4.69) is 14.8 Å². The number of methoxy groups -OCH3 is 1. The summed E-state index contributed by atoms with van der Waals surface area (Å²) in [4.78, 5) is 16.6. The Bertz CT molecular complexity index is 857. The fourth-order valence-electron chi connectivity index (χ4n) is 2.07. The summed E-state index contributed by atoms with van der Waals surface area (Å²) in [5.74, 6) is -0.443. The first-order valence-corrected chi connectivity index (χ1v) is 7.95. The van der Waals surface area contributed by atoms with E-state index in [0.29, 0.717) is 16.6 Å². The van der Waals surface area contributed by atoms with Crippen molar-refractivity contribution in [3.8, 4) is 17.4 Å². The van der Waals surface area contributed by atoms with Crippen LogP contribution in [0.15, 0.2) is 46.3 Å². The van der Waals surface area contributed by atoms with Gasteiger partial charge in [-0.3, -0.25) is 4.79 Å². The number of ether oxygens (including phenoxy) is 1. The van der Waals surface area contributed by atoms with Crippen molar-refractivity contribution < 1.29 is 23.8 Å². The van der Waals surface area contributed by atoms with Gasteiger partial charge in [-0.05, 0) is 16.8 Å². The van der Waals surface area contributed by atoms with Gasteiger partial charge >= 0.3 is 5.69 Å². The summed E-state index contributed by atoms with van der Waals surface area (Å²) in [6.07, 6.45) is 3.42. The number of hydrogen-bond donors (Lipinski definition) is 0. The van der Waals surface area contributed by atoms with Gasteiger partial charge in [0.25, 0.3) is 0 Å². The third kappa shape index (κ3) is 3.11. The molecule has 0 N–H and O–H groups in total. The molecule has 0 fully saturated rings. The molecule has 0 saturated carbocycles. The lowest BCUT2D eigenvalue weighted by Crippen LogP contribution is -2.39. The molecule has 9 heteroatoms. The Hall–Kier alpha value is -2.81.